The zero-order valence-electron chi connectivity index (χ0n) is 14.6. The number of carbonyl (C=O) groups is 2. The number of nitrogens with one attached hydrogen (secondary N) is 3. The highest BCUT2D eigenvalue weighted by atomic mass is 16.2. The summed E-state index contributed by atoms with van der Waals surface area (Å²) >= 11 is 0. The molecule has 0 spiro atoms. The van der Waals surface area contributed by atoms with Crippen LogP contribution in [0.25, 0.3) is 0 Å². The molecule has 0 aromatic heterocycles. The third-order valence-corrected chi connectivity index (χ3v) is 4.40. The van der Waals surface area contributed by atoms with Crippen LogP contribution in [0, 0.1) is 0 Å². The van der Waals surface area contributed by atoms with Gasteiger partial charge in [0.2, 0.25) is 5.91 Å². The number of hydrogen-bond donors (Lipinski definition) is 3. The van der Waals surface area contributed by atoms with Crippen LogP contribution in [0.15, 0.2) is 24.3 Å². The predicted octanol–water partition coefficient (Wildman–Crippen LogP) is 1.45. The quantitative estimate of drug-likeness (QED) is 0.674. The van der Waals surface area contributed by atoms with Gasteiger partial charge in [0.1, 0.15) is 0 Å². The van der Waals surface area contributed by atoms with Gasteiger partial charge in [0.05, 0.1) is 6.04 Å². The molecule has 0 bridgehead atoms. The van der Waals surface area contributed by atoms with Gasteiger partial charge in [-0.1, -0.05) is 13.8 Å². The lowest BCUT2D eigenvalue weighted by molar-refractivity contribution is -0.117. The average Bonchev–Trinajstić information content (AvgIpc) is 3.14. The Balaban J connectivity index is 1.80. The van der Waals surface area contributed by atoms with Crippen LogP contribution in [0.1, 0.15) is 37.0 Å². The van der Waals surface area contributed by atoms with Crippen LogP contribution in [-0.2, 0) is 4.79 Å². The summed E-state index contributed by atoms with van der Waals surface area (Å²) < 4.78 is 0. The van der Waals surface area contributed by atoms with E-state index < -0.39 is 0 Å². The molecule has 132 valence electrons. The molecule has 24 heavy (non-hydrogen) atoms. The fourth-order valence-electron chi connectivity index (χ4n) is 2.81. The third-order valence-electron chi connectivity index (χ3n) is 4.40. The van der Waals surface area contributed by atoms with Gasteiger partial charge in [-0.05, 0) is 56.7 Å². The van der Waals surface area contributed by atoms with Crippen LogP contribution >= 0.6 is 0 Å². The number of hydrogen-bond acceptors (Lipinski definition) is 4. The SMILES string of the molecule is CCN(CC)CCNC(=O)c1ccc(NC(=O)C2CCCN2)cc1. The number of rotatable bonds is 8. The molecule has 3 N–H and O–H groups in total. The molecule has 1 heterocycles. The van der Waals surface area contributed by atoms with Crippen LogP contribution in [0.3, 0.4) is 0 Å². The van der Waals surface area contributed by atoms with Crippen molar-refractivity contribution in [2.24, 2.45) is 0 Å². The van der Waals surface area contributed by atoms with Crippen molar-refractivity contribution in [2.75, 3.05) is 38.0 Å². The van der Waals surface area contributed by atoms with E-state index >= 15 is 0 Å². The van der Waals surface area contributed by atoms with Gasteiger partial charge in [-0.2, -0.15) is 0 Å². The van der Waals surface area contributed by atoms with E-state index in [1.54, 1.807) is 24.3 Å². The molecule has 1 aliphatic heterocycles. The summed E-state index contributed by atoms with van der Waals surface area (Å²) in [6, 6.07) is 6.92. The Hall–Kier alpha value is -1.92. The summed E-state index contributed by atoms with van der Waals surface area (Å²) in [4.78, 5) is 26.4. The molecule has 1 unspecified atom stereocenters. The van der Waals surface area contributed by atoms with E-state index in [4.69, 9.17) is 0 Å². The predicted molar refractivity (Wildman–Crippen MR) is 96.2 cm³/mol. The summed E-state index contributed by atoms with van der Waals surface area (Å²) in [7, 11) is 0. The lowest BCUT2D eigenvalue weighted by Gasteiger charge is -2.18. The van der Waals surface area contributed by atoms with Gasteiger partial charge < -0.3 is 20.9 Å². The molecular formula is C18H28N4O2. The molecule has 2 rings (SSSR count). The van der Waals surface area contributed by atoms with Gasteiger partial charge in [0, 0.05) is 24.3 Å². The molecule has 6 heteroatoms. The van der Waals surface area contributed by atoms with E-state index in [-0.39, 0.29) is 17.9 Å². The number of amides is 2. The molecular weight excluding hydrogens is 304 g/mol. The zero-order chi connectivity index (χ0) is 17.4. The lowest BCUT2D eigenvalue weighted by Crippen LogP contribution is -2.35. The monoisotopic (exact) mass is 332 g/mol. The van der Waals surface area contributed by atoms with Crippen molar-refractivity contribution in [1.82, 2.24) is 15.5 Å². The highest BCUT2D eigenvalue weighted by Crippen LogP contribution is 2.12. The summed E-state index contributed by atoms with van der Waals surface area (Å²) in [5.41, 5.74) is 1.32. The second-order valence-corrected chi connectivity index (χ2v) is 6.00. The fraction of sp³-hybridized carbons (Fsp3) is 0.556. The molecule has 1 fully saturated rings. The fourth-order valence-corrected chi connectivity index (χ4v) is 2.81. The van der Waals surface area contributed by atoms with Gasteiger partial charge >= 0.3 is 0 Å². The van der Waals surface area contributed by atoms with Gasteiger partial charge in [0.25, 0.3) is 5.91 Å². The summed E-state index contributed by atoms with van der Waals surface area (Å²) in [6.45, 7) is 8.56. The number of benzene rings is 1. The third kappa shape index (κ3) is 5.32. The Kier molecular flexibility index (Phi) is 7.21. The minimum Gasteiger partial charge on any atom is -0.351 e. The second-order valence-electron chi connectivity index (χ2n) is 6.00. The van der Waals surface area contributed by atoms with Crippen LogP contribution in [0.5, 0.6) is 0 Å². The van der Waals surface area contributed by atoms with Crippen LogP contribution in [0.2, 0.25) is 0 Å². The van der Waals surface area contributed by atoms with Crippen LogP contribution in [-0.4, -0.2) is 55.5 Å². The zero-order valence-corrected chi connectivity index (χ0v) is 14.6. The maximum absolute atomic E-state index is 12.1. The highest BCUT2D eigenvalue weighted by Gasteiger charge is 2.21. The Morgan fingerprint density at radius 1 is 1.21 bits per heavy atom. The molecule has 2 amide bonds. The molecule has 1 aromatic rings. The van der Waals surface area contributed by atoms with Gasteiger partial charge in [0.15, 0.2) is 0 Å². The summed E-state index contributed by atoms with van der Waals surface area (Å²) in [6.07, 6.45) is 1.91. The molecule has 1 aliphatic rings. The van der Waals surface area contributed by atoms with E-state index in [1.807, 2.05) is 0 Å². The van der Waals surface area contributed by atoms with Gasteiger partial charge in [-0.25, -0.2) is 0 Å². The summed E-state index contributed by atoms with van der Waals surface area (Å²) in [5.74, 6) is -0.0959. The van der Waals surface area contributed by atoms with Crippen molar-refractivity contribution in [3.05, 3.63) is 29.8 Å². The minimum absolute atomic E-state index is 0.0103. The standard InChI is InChI=1S/C18H28N4O2/c1-3-22(4-2)13-12-20-17(23)14-7-9-15(10-8-14)21-18(24)16-6-5-11-19-16/h7-10,16,19H,3-6,11-13H2,1-2H3,(H,20,23)(H,21,24). The average molecular weight is 332 g/mol. The van der Waals surface area contributed by atoms with Gasteiger partial charge in [-0.3, -0.25) is 9.59 Å². The smallest absolute Gasteiger partial charge is 0.251 e. The molecule has 1 atom stereocenters. The lowest BCUT2D eigenvalue weighted by atomic mass is 10.1. The van der Waals surface area contributed by atoms with Crippen LogP contribution < -0.4 is 16.0 Å². The second kappa shape index (κ2) is 9.39. The normalized spacial score (nSPS) is 17.0. The molecule has 6 nitrogen and oxygen atoms in total. The molecule has 1 aromatic carbocycles. The molecule has 0 radical (unpaired) electrons. The number of anilines is 1. The van der Waals surface area contributed by atoms with Crippen molar-refractivity contribution in [2.45, 2.75) is 32.7 Å². The highest BCUT2D eigenvalue weighted by molar-refractivity contribution is 5.97. The van der Waals surface area contributed by atoms with Crippen molar-refractivity contribution < 1.29 is 9.59 Å². The van der Waals surface area contributed by atoms with Crippen molar-refractivity contribution in [1.29, 1.82) is 0 Å². The first-order valence-electron chi connectivity index (χ1n) is 8.79. The van der Waals surface area contributed by atoms with E-state index in [2.05, 4.69) is 34.7 Å². The Bertz CT molecular complexity index is 534. The minimum atomic E-state index is -0.104. The first-order chi connectivity index (χ1) is 11.6. The number of likely N-dealkylation sites (N-methyl/N-ethyl adjacent to an activating group) is 1. The molecule has 1 saturated heterocycles. The van der Waals surface area contributed by atoms with Crippen molar-refractivity contribution in [3.63, 3.8) is 0 Å². The Labute approximate surface area is 144 Å². The van der Waals surface area contributed by atoms with E-state index in [0.29, 0.717) is 17.8 Å². The van der Waals surface area contributed by atoms with E-state index in [1.165, 1.54) is 0 Å². The maximum atomic E-state index is 12.1. The molecule has 0 saturated carbocycles. The first kappa shape index (κ1) is 18.4. The maximum Gasteiger partial charge on any atom is 0.251 e. The Morgan fingerprint density at radius 3 is 2.50 bits per heavy atom. The topological polar surface area (TPSA) is 73.5 Å². The summed E-state index contributed by atoms with van der Waals surface area (Å²) in [5, 5.41) is 8.98. The first-order valence-corrected chi connectivity index (χ1v) is 8.79. The van der Waals surface area contributed by atoms with Crippen molar-refractivity contribution in [3.8, 4) is 0 Å². The van der Waals surface area contributed by atoms with Crippen LogP contribution in [0.4, 0.5) is 5.69 Å². The van der Waals surface area contributed by atoms with Crippen molar-refractivity contribution >= 4 is 17.5 Å². The number of nitrogens with zero attached hydrogens (tertiary/aromatic N) is 1. The largest absolute Gasteiger partial charge is 0.351 e. The van der Waals surface area contributed by atoms with Gasteiger partial charge in [-0.15, -0.1) is 0 Å². The molecule has 0 aliphatic carbocycles. The Morgan fingerprint density at radius 2 is 1.92 bits per heavy atom. The van der Waals surface area contributed by atoms with E-state index in [0.717, 1.165) is 39.0 Å². The van der Waals surface area contributed by atoms with E-state index in [9.17, 15) is 9.59 Å². The number of carbonyl (C=O) groups excluding carboxylic acids is 2.